The SMILES string of the molecule is CC(=O)OCc1cccc(NC(=O)C(C)C)n1. The Morgan fingerprint density at radius 3 is 2.71 bits per heavy atom. The van der Waals surface area contributed by atoms with Gasteiger partial charge in [0.05, 0.1) is 5.69 Å². The summed E-state index contributed by atoms with van der Waals surface area (Å²) in [4.78, 5) is 26.3. The van der Waals surface area contributed by atoms with Crippen molar-refractivity contribution in [3.63, 3.8) is 0 Å². The molecule has 5 heteroatoms. The fourth-order valence-electron chi connectivity index (χ4n) is 1.08. The van der Waals surface area contributed by atoms with Crippen molar-refractivity contribution in [2.75, 3.05) is 5.32 Å². The van der Waals surface area contributed by atoms with Gasteiger partial charge in [-0.15, -0.1) is 0 Å². The van der Waals surface area contributed by atoms with E-state index < -0.39 is 0 Å². The van der Waals surface area contributed by atoms with Gasteiger partial charge in [0.2, 0.25) is 5.91 Å². The molecule has 0 fully saturated rings. The number of nitrogens with zero attached hydrogens (tertiary/aromatic N) is 1. The average Bonchev–Trinajstić information content (AvgIpc) is 2.26. The Morgan fingerprint density at radius 1 is 1.41 bits per heavy atom. The number of hydrogen-bond donors (Lipinski definition) is 1. The van der Waals surface area contributed by atoms with Gasteiger partial charge in [-0.3, -0.25) is 9.59 Å². The van der Waals surface area contributed by atoms with Crippen LogP contribution >= 0.6 is 0 Å². The number of esters is 1. The van der Waals surface area contributed by atoms with Gasteiger partial charge in [0, 0.05) is 12.8 Å². The van der Waals surface area contributed by atoms with Crippen LogP contribution in [0.4, 0.5) is 5.82 Å². The van der Waals surface area contributed by atoms with Crippen molar-refractivity contribution < 1.29 is 14.3 Å². The lowest BCUT2D eigenvalue weighted by atomic mass is 10.2. The fourth-order valence-corrected chi connectivity index (χ4v) is 1.08. The first-order valence-corrected chi connectivity index (χ1v) is 5.39. The van der Waals surface area contributed by atoms with Crippen LogP contribution in [0.1, 0.15) is 26.5 Å². The number of aromatic nitrogens is 1. The molecule has 0 radical (unpaired) electrons. The van der Waals surface area contributed by atoms with Gasteiger partial charge in [0.15, 0.2) is 0 Å². The van der Waals surface area contributed by atoms with Crippen molar-refractivity contribution in [1.29, 1.82) is 0 Å². The van der Waals surface area contributed by atoms with Crippen LogP contribution in [-0.4, -0.2) is 16.9 Å². The smallest absolute Gasteiger partial charge is 0.303 e. The second-order valence-corrected chi connectivity index (χ2v) is 3.94. The Balaban J connectivity index is 2.65. The summed E-state index contributed by atoms with van der Waals surface area (Å²) in [6.45, 7) is 5.06. The molecule has 1 N–H and O–H groups in total. The number of hydrogen-bond acceptors (Lipinski definition) is 4. The first-order chi connectivity index (χ1) is 7.99. The topological polar surface area (TPSA) is 68.3 Å². The molecule has 0 aliphatic rings. The molecule has 0 saturated heterocycles. The molecule has 92 valence electrons. The van der Waals surface area contributed by atoms with Crippen LogP contribution in [0, 0.1) is 5.92 Å². The molecular formula is C12H16N2O3. The number of carbonyl (C=O) groups excluding carboxylic acids is 2. The van der Waals surface area contributed by atoms with Crippen LogP contribution < -0.4 is 5.32 Å². The van der Waals surface area contributed by atoms with Crippen molar-refractivity contribution >= 4 is 17.7 Å². The number of anilines is 1. The minimum absolute atomic E-state index is 0.0952. The minimum Gasteiger partial charge on any atom is -0.459 e. The normalized spacial score (nSPS) is 10.1. The molecule has 0 spiro atoms. The maximum absolute atomic E-state index is 11.5. The van der Waals surface area contributed by atoms with E-state index in [0.29, 0.717) is 11.5 Å². The zero-order valence-corrected chi connectivity index (χ0v) is 10.2. The Bertz CT molecular complexity index is 416. The molecule has 1 heterocycles. The highest BCUT2D eigenvalue weighted by molar-refractivity contribution is 5.91. The van der Waals surface area contributed by atoms with Crippen LogP contribution in [0.3, 0.4) is 0 Å². The molecule has 0 aliphatic carbocycles. The lowest BCUT2D eigenvalue weighted by molar-refractivity contribution is -0.142. The van der Waals surface area contributed by atoms with Crippen LogP contribution in [0.5, 0.6) is 0 Å². The summed E-state index contributed by atoms with van der Waals surface area (Å²) in [5, 5.41) is 2.68. The van der Waals surface area contributed by atoms with Crippen LogP contribution in [-0.2, 0) is 20.9 Å². The van der Waals surface area contributed by atoms with E-state index in [4.69, 9.17) is 4.74 Å². The third-order valence-electron chi connectivity index (χ3n) is 2.01. The second kappa shape index (κ2) is 5.98. The highest BCUT2D eigenvalue weighted by Crippen LogP contribution is 2.07. The van der Waals surface area contributed by atoms with Gasteiger partial charge in [-0.25, -0.2) is 4.98 Å². The van der Waals surface area contributed by atoms with Crippen LogP contribution in [0.2, 0.25) is 0 Å². The van der Waals surface area contributed by atoms with Gasteiger partial charge < -0.3 is 10.1 Å². The molecule has 1 amide bonds. The lowest BCUT2D eigenvalue weighted by Crippen LogP contribution is -2.18. The van der Waals surface area contributed by atoms with E-state index >= 15 is 0 Å². The molecule has 1 aromatic rings. The van der Waals surface area contributed by atoms with Gasteiger partial charge in [-0.05, 0) is 12.1 Å². The summed E-state index contributed by atoms with van der Waals surface area (Å²) in [5.74, 6) is -0.0900. The summed E-state index contributed by atoms with van der Waals surface area (Å²) in [7, 11) is 0. The maximum atomic E-state index is 11.5. The molecule has 0 unspecified atom stereocenters. The molecule has 5 nitrogen and oxygen atoms in total. The van der Waals surface area contributed by atoms with Crippen molar-refractivity contribution in [1.82, 2.24) is 4.98 Å². The van der Waals surface area contributed by atoms with Gasteiger partial charge in [-0.1, -0.05) is 19.9 Å². The van der Waals surface area contributed by atoms with Gasteiger partial charge in [0.1, 0.15) is 12.4 Å². The first-order valence-electron chi connectivity index (χ1n) is 5.39. The summed E-state index contributed by atoms with van der Waals surface area (Å²) >= 11 is 0. The standard InChI is InChI=1S/C12H16N2O3/c1-8(2)12(16)14-11-6-4-5-10(13-11)7-17-9(3)15/h4-6,8H,7H2,1-3H3,(H,13,14,16). The Morgan fingerprint density at radius 2 is 2.12 bits per heavy atom. The van der Waals surface area contributed by atoms with E-state index in [1.807, 2.05) is 0 Å². The zero-order valence-electron chi connectivity index (χ0n) is 10.2. The molecule has 0 atom stereocenters. The zero-order chi connectivity index (χ0) is 12.8. The Labute approximate surface area is 100 Å². The number of nitrogens with one attached hydrogen (secondary N) is 1. The quantitative estimate of drug-likeness (QED) is 0.808. The molecular weight excluding hydrogens is 220 g/mol. The number of pyridine rings is 1. The highest BCUT2D eigenvalue weighted by Gasteiger charge is 2.08. The molecule has 0 saturated carbocycles. The Kier molecular flexibility index (Phi) is 4.63. The van der Waals surface area contributed by atoms with Gasteiger partial charge in [0.25, 0.3) is 0 Å². The van der Waals surface area contributed by atoms with Gasteiger partial charge >= 0.3 is 5.97 Å². The van der Waals surface area contributed by atoms with E-state index in [1.165, 1.54) is 6.92 Å². The summed E-state index contributed by atoms with van der Waals surface area (Å²) < 4.78 is 4.82. The molecule has 17 heavy (non-hydrogen) atoms. The second-order valence-electron chi connectivity index (χ2n) is 3.94. The summed E-state index contributed by atoms with van der Waals surface area (Å²) in [6.07, 6.45) is 0. The van der Waals surface area contributed by atoms with Crippen molar-refractivity contribution in [2.24, 2.45) is 5.92 Å². The molecule has 0 aliphatic heterocycles. The predicted octanol–water partition coefficient (Wildman–Crippen LogP) is 1.74. The third-order valence-corrected chi connectivity index (χ3v) is 2.01. The minimum atomic E-state index is -0.358. The van der Waals surface area contributed by atoms with E-state index in [9.17, 15) is 9.59 Å². The summed E-state index contributed by atoms with van der Waals surface area (Å²) in [5.41, 5.74) is 0.599. The highest BCUT2D eigenvalue weighted by atomic mass is 16.5. The Hall–Kier alpha value is -1.91. The van der Waals surface area contributed by atoms with E-state index in [-0.39, 0.29) is 24.4 Å². The van der Waals surface area contributed by atoms with Crippen molar-refractivity contribution in [3.05, 3.63) is 23.9 Å². The van der Waals surface area contributed by atoms with E-state index in [0.717, 1.165) is 0 Å². The predicted molar refractivity (Wildman–Crippen MR) is 63.2 cm³/mol. The number of carbonyl (C=O) groups is 2. The molecule has 1 aromatic heterocycles. The van der Waals surface area contributed by atoms with Crippen LogP contribution in [0.15, 0.2) is 18.2 Å². The van der Waals surface area contributed by atoms with E-state index in [1.54, 1.807) is 32.0 Å². The number of rotatable bonds is 4. The molecule has 1 rings (SSSR count). The number of ether oxygens (including phenoxy) is 1. The average molecular weight is 236 g/mol. The van der Waals surface area contributed by atoms with Crippen LogP contribution in [0.25, 0.3) is 0 Å². The van der Waals surface area contributed by atoms with Crippen molar-refractivity contribution in [2.45, 2.75) is 27.4 Å². The summed E-state index contributed by atoms with van der Waals surface area (Å²) in [6, 6.07) is 5.17. The van der Waals surface area contributed by atoms with E-state index in [2.05, 4.69) is 10.3 Å². The monoisotopic (exact) mass is 236 g/mol. The largest absolute Gasteiger partial charge is 0.459 e. The lowest BCUT2D eigenvalue weighted by Gasteiger charge is -2.08. The first kappa shape index (κ1) is 13.2. The fraction of sp³-hybridized carbons (Fsp3) is 0.417. The third kappa shape index (κ3) is 4.63. The van der Waals surface area contributed by atoms with Gasteiger partial charge in [-0.2, -0.15) is 0 Å². The molecule has 0 aromatic carbocycles. The van der Waals surface area contributed by atoms with Crippen molar-refractivity contribution in [3.8, 4) is 0 Å². The number of amides is 1. The molecule has 0 bridgehead atoms. The maximum Gasteiger partial charge on any atom is 0.303 e.